The van der Waals surface area contributed by atoms with Crippen molar-refractivity contribution in [1.82, 2.24) is 9.80 Å². The fourth-order valence-corrected chi connectivity index (χ4v) is 3.37. The zero-order valence-corrected chi connectivity index (χ0v) is 13.6. The predicted octanol–water partition coefficient (Wildman–Crippen LogP) is 2.67. The molecule has 4 nitrogen and oxygen atoms in total. The summed E-state index contributed by atoms with van der Waals surface area (Å²) in [5.41, 5.74) is 0.677. The van der Waals surface area contributed by atoms with E-state index in [9.17, 15) is 4.79 Å². The summed E-state index contributed by atoms with van der Waals surface area (Å²) in [4.78, 5) is 16.8. The van der Waals surface area contributed by atoms with Gasteiger partial charge in [0.15, 0.2) is 0 Å². The van der Waals surface area contributed by atoms with Crippen LogP contribution in [-0.4, -0.2) is 61.1 Å². The number of carbonyl (C=O) groups is 1. The first kappa shape index (κ1) is 15.8. The van der Waals surface area contributed by atoms with Crippen molar-refractivity contribution in [3.63, 3.8) is 0 Å². The fraction of sp³-hybridized carbons (Fsp3) is 0.588. The molecule has 22 heavy (non-hydrogen) atoms. The van der Waals surface area contributed by atoms with E-state index in [2.05, 4.69) is 4.90 Å². The summed E-state index contributed by atoms with van der Waals surface area (Å²) >= 11 is 5.97. The highest BCUT2D eigenvalue weighted by Crippen LogP contribution is 2.17. The van der Waals surface area contributed by atoms with Gasteiger partial charge in [0.1, 0.15) is 0 Å². The molecule has 2 aliphatic rings. The molecule has 0 spiro atoms. The molecule has 0 aliphatic carbocycles. The molecule has 0 radical (unpaired) electrons. The Balaban J connectivity index is 1.49. The largest absolute Gasteiger partial charge is 0.377 e. The van der Waals surface area contributed by atoms with Gasteiger partial charge in [-0.3, -0.25) is 9.69 Å². The number of halogens is 1. The topological polar surface area (TPSA) is 32.8 Å². The van der Waals surface area contributed by atoms with Crippen LogP contribution >= 0.6 is 11.6 Å². The molecule has 2 fully saturated rings. The van der Waals surface area contributed by atoms with Gasteiger partial charge in [-0.15, -0.1) is 0 Å². The van der Waals surface area contributed by atoms with Gasteiger partial charge in [0.2, 0.25) is 0 Å². The van der Waals surface area contributed by atoms with Crippen molar-refractivity contribution < 1.29 is 9.53 Å². The SMILES string of the molecule is O=C(c1cccc(Cl)c1)N1CCN(CC2CCCCO2)CC1. The number of carbonyl (C=O) groups excluding carboxylic acids is 1. The number of hydrogen-bond donors (Lipinski definition) is 0. The van der Waals surface area contributed by atoms with Crippen molar-refractivity contribution >= 4 is 17.5 Å². The molecule has 2 aliphatic heterocycles. The Kier molecular flexibility index (Phi) is 5.34. The molecule has 1 aromatic rings. The maximum Gasteiger partial charge on any atom is 0.253 e. The molecule has 1 aromatic carbocycles. The molecule has 0 N–H and O–H groups in total. The lowest BCUT2D eigenvalue weighted by molar-refractivity contribution is -0.0130. The van der Waals surface area contributed by atoms with Crippen LogP contribution in [0.5, 0.6) is 0 Å². The maximum absolute atomic E-state index is 12.5. The number of rotatable bonds is 3. The van der Waals surface area contributed by atoms with Crippen LogP contribution in [0, 0.1) is 0 Å². The van der Waals surface area contributed by atoms with Gasteiger partial charge in [-0.1, -0.05) is 17.7 Å². The van der Waals surface area contributed by atoms with Gasteiger partial charge in [-0.25, -0.2) is 0 Å². The molecule has 1 atom stereocenters. The Morgan fingerprint density at radius 3 is 2.73 bits per heavy atom. The Bertz CT molecular complexity index is 509. The summed E-state index contributed by atoms with van der Waals surface area (Å²) in [5, 5.41) is 0.610. The van der Waals surface area contributed by atoms with Gasteiger partial charge in [-0.2, -0.15) is 0 Å². The molecular weight excluding hydrogens is 300 g/mol. The lowest BCUT2D eigenvalue weighted by atomic mass is 10.1. The lowest BCUT2D eigenvalue weighted by Gasteiger charge is -2.37. The van der Waals surface area contributed by atoms with E-state index in [0.29, 0.717) is 16.7 Å². The zero-order chi connectivity index (χ0) is 15.4. The second-order valence-corrected chi connectivity index (χ2v) is 6.53. The quantitative estimate of drug-likeness (QED) is 0.857. The fourth-order valence-electron chi connectivity index (χ4n) is 3.18. The zero-order valence-electron chi connectivity index (χ0n) is 12.8. The molecule has 0 bridgehead atoms. The average Bonchev–Trinajstić information content (AvgIpc) is 2.56. The van der Waals surface area contributed by atoms with E-state index in [0.717, 1.165) is 39.3 Å². The molecule has 0 aromatic heterocycles. The Hall–Kier alpha value is -1.10. The Morgan fingerprint density at radius 1 is 1.23 bits per heavy atom. The standard InChI is InChI=1S/C17H23ClN2O2/c18-15-5-3-4-14(12-15)17(21)20-9-7-19(8-10-20)13-16-6-1-2-11-22-16/h3-5,12,16H,1-2,6-11,13H2. The summed E-state index contributed by atoms with van der Waals surface area (Å²) in [6.07, 6.45) is 4.02. The molecule has 2 saturated heterocycles. The van der Waals surface area contributed by atoms with E-state index < -0.39 is 0 Å². The highest BCUT2D eigenvalue weighted by atomic mass is 35.5. The first-order chi connectivity index (χ1) is 10.7. The van der Waals surface area contributed by atoms with Crippen LogP contribution in [0.1, 0.15) is 29.6 Å². The van der Waals surface area contributed by atoms with Gasteiger partial charge in [0, 0.05) is 49.9 Å². The first-order valence-corrected chi connectivity index (χ1v) is 8.49. The van der Waals surface area contributed by atoms with Crippen LogP contribution in [0.15, 0.2) is 24.3 Å². The average molecular weight is 323 g/mol. The Labute approximate surface area is 137 Å². The monoisotopic (exact) mass is 322 g/mol. The summed E-state index contributed by atoms with van der Waals surface area (Å²) in [5.74, 6) is 0.0797. The van der Waals surface area contributed by atoms with E-state index in [-0.39, 0.29) is 5.91 Å². The van der Waals surface area contributed by atoms with Crippen molar-refractivity contribution in [2.24, 2.45) is 0 Å². The van der Waals surface area contributed by atoms with Crippen LogP contribution in [0.4, 0.5) is 0 Å². The molecule has 1 amide bonds. The van der Waals surface area contributed by atoms with Gasteiger partial charge in [-0.05, 0) is 37.5 Å². The van der Waals surface area contributed by atoms with Crippen LogP contribution in [0.3, 0.4) is 0 Å². The molecule has 5 heteroatoms. The molecular formula is C17H23ClN2O2. The summed E-state index contributed by atoms with van der Waals surface area (Å²) in [6, 6.07) is 7.19. The number of piperazine rings is 1. The van der Waals surface area contributed by atoms with E-state index in [1.807, 2.05) is 17.0 Å². The minimum Gasteiger partial charge on any atom is -0.377 e. The highest BCUT2D eigenvalue weighted by molar-refractivity contribution is 6.30. The molecule has 2 heterocycles. The van der Waals surface area contributed by atoms with Gasteiger partial charge < -0.3 is 9.64 Å². The van der Waals surface area contributed by atoms with Crippen molar-refractivity contribution in [2.75, 3.05) is 39.3 Å². The van der Waals surface area contributed by atoms with Crippen molar-refractivity contribution in [3.05, 3.63) is 34.9 Å². The third-order valence-electron chi connectivity index (χ3n) is 4.47. The minimum atomic E-state index is 0.0797. The second-order valence-electron chi connectivity index (χ2n) is 6.09. The molecule has 1 unspecified atom stereocenters. The number of nitrogens with zero attached hydrogens (tertiary/aromatic N) is 2. The minimum absolute atomic E-state index is 0.0797. The summed E-state index contributed by atoms with van der Waals surface area (Å²) < 4.78 is 5.80. The third-order valence-corrected chi connectivity index (χ3v) is 4.70. The number of amides is 1. The van der Waals surface area contributed by atoms with Crippen molar-refractivity contribution in [3.8, 4) is 0 Å². The number of hydrogen-bond acceptors (Lipinski definition) is 3. The van der Waals surface area contributed by atoms with E-state index >= 15 is 0 Å². The van der Waals surface area contributed by atoms with E-state index in [1.54, 1.807) is 12.1 Å². The van der Waals surface area contributed by atoms with Gasteiger partial charge in [0.25, 0.3) is 5.91 Å². The smallest absolute Gasteiger partial charge is 0.253 e. The lowest BCUT2D eigenvalue weighted by Crippen LogP contribution is -2.50. The third kappa shape index (κ3) is 4.00. The van der Waals surface area contributed by atoms with Crippen LogP contribution in [-0.2, 0) is 4.74 Å². The van der Waals surface area contributed by atoms with Crippen molar-refractivity contribution in [1.29, 1.82) is 0 Å². The second kappa shape index (κ2) is 7.44. The summed E-state index contributed by atoms with van der Waals surface area (Å²) in [6.45, 7) is 5.30. The predicted molar refractivity (Wildman–Crippen MR) is 87.4 cm³/mol. The number of benzene rings is 1. The normalized spacial score (nSPS) is 23.5. The van der Waals surface area contributed by atoms with Crippen LogP contribution in [0.25, 0.3) is 0 Å². The van der Waals surface area contributed by atoms with Gasteiger partial charge in [0.05, 0.1) is 6.10 Å². The maximum atomic E-state index is 12.5. The van der Waals surface area contributed by atoms with E-state index in [1.165, 1.54) is 19.3 Å². The number of ether oxygens (including phenoxy) is 1. The Morgan fingerprint density at radius 2 is 2.05 bits per heavy atom. The summed E-state index contributed by atoms with van der Waals surface area (Å²) in [7, 11) is 0. The van der Waals surface area contributed by atoms with Crippen LogP contribution in [0.2, 0.25) is 5.02 Å². The van der Waals surface area contributed by atoms with Crippen molar-refractivity contribution in [2.45, 2.75) is 25.4 Å². The van der Waals surface area contributed by atoms with Crippen LogP contribution < -0.4 is 0 Å². The molecule has 3 rings (SSSR count). The van der Waals surface area contributed by atoms with Gasteiger partial charge >= 0.3 is 0 Å². The molecule has 120 valence electrons. The van der Waals surface area contributed by atoms with E-state index in [4.69, 9.17) is 16.3 Å². The first-order valence-electron chi connectivity index (χ1n) is 8.11. The molecule has 0 saturated carbocycles. The highest BCUT2D eigenvalue weighted by Gasteiger charge is 2.24.